The van der Waals surface area contributed by atoms with Gasteiger partial charge < -0.3 is 15.0 Å². The summed E-state index contributed by atoms with van der Waals surface area (Å²) in [7, 11) is -3.33. The van der Waals surface area contributed by atoms with Gasteiger partial charge in [0.05, 0.1) is 12.8 Å². The average molecular weight is 605 g/mol. The van der Waals surface area contributed by atoms with Gasteiger partial charge in [-0.2, -0.15) is 0 Å². The summed E-state index contributed by atoms with van der Waals surface area (Å²) in [5, 5.41) is 2.88. The number of halogens is 1. The summed E-state index contributed by atoms with van der Waals surface area (Å²) < 4.78 is 44.4. The summed E-state index contributed by atoms with van der Waals surface area (Å²) in [4.78, 5) is 26.1. The van der Waals surface area contributed by atoms with E-state index in [0.29, 0.717) is 28.7 Å². The molecule has 0 radical (unpaired) electrons. The van der Waals surface area contributed by atoms with Gasteiger partial charge in [-0.1, -0.05) is 12.1 Å². The molecule has 1 aliphatic rings. The number of carbonyl (C=O) groups excluding carboxylic acids is 1. The topological polar surface area (TPSA) is 117 Å². The van der Waals surface area contributed by atoms with Crippen LogP contribution in [0.3, 0.4) is 0 Å². The number of nitrogens with zero attached hydrogens (tertiary/aromatic N) is 4. The molecule has 12 heteroatoms. The van der Waals surface area contributed by atoms with Gasteiger partial charge in [0.1, 0.15) is 23.1 Å². The number of hydrogen-bond acceptors (Lipinski definition) is 7. The molecule has 3 aromatic carbocycles. The number of piperidine rings is 1. The summed E-state index contributed by atoms with van der Waals surface area (Å²) >= 11 is 0. The van der Waals surface area contributed by atoms with Crippen LogP contribution in [0.4, 0.5) is 20.6 Å². The Kier molecular flexibility index (Phi) is 9.48. The normalized spacial score (nSPS) is 14.2. The maximum Gasteiger partial charge on any atom is 0.322 e. The molecule has 2 amide bonds. The Bertz CT molecular complexity index is 1600. The van der Waals surface area contributed by atoms with Crippen LogP contribution in [0.2, 0.25) is 0 Å². The Labute approximate surface area is 250 Å². The largest absolute Gasteiger partial charge is 0.457 e. The highest BCUT2D eigenvalue weighted by molar-refractivity contribution is 7.92. The summed E-state index contributed by atoms with van der Waals surface area (Å²) in [6.07, 6.45) is 6.00. The number of benzene rings is 3. The van der Waals surface area contributed by atoms with Gasteiger partial charge >= 0.3 is 6.03 Å². The van der Waals surface area contributed by atoms with E-state index in [4.69, 9.17) is 4.74 Å². The molecular weight excluding hydrogens is 571 g/mol. The number of sulfonamides is 1. The molecule has 10 nitrogen and oxygen atoms in total. The summed E-state index contributed by atoms with van der Waals surface area (Å²) in [5.74, 6) is 1.47. The number of nitrogens with one attached hydrogen (secondary N) is 2. The van der Waals surface area contributed by atoms with Crippen LogP contribution in [-0.2, 0) is 23.1 Å². The first-order valence-electron chi connectivity index (χ1n) is 13.9. The van der Waals surface area contributed by atoms with Crippen LogP contribution in [0.15, 0.2) is 91.3 Å². The van der Waals surface area contributed by atoms with E-state index in [0.717, 1.165) is 44.3 Å². The van der Waals surface area contributed by atoms with Crippen molar-refractivity contribution in [3.8, 4) is 11.5 Å². The molecule has 43 heavy (non-hydrogen) atoms. The second kappa shape index (κ2) is 13.6. The first-order valence-corrected chi connectivity index (χ1v) is 15.8. The van der Waals surface area contributed by atoms with Crippen molar-refractivity contribution in [1.29, 1.82) is 0 Å². The van der Waals surface area contributed by atoms with E-state index in [-0.39, 0.29) is 24.4 Å². The van der Waals surface area contributed by atoms with Crippen molar-refractivity contribution in [2.75, 3.05) is 29.4 Å². The van der Waals surface area contributed by atoms with Crippen molar-refractivity contribution >= 4 is 27.4 Å². The minimum absolute atomic E-state index is 0.00435. The minimum atomic E-state index is -3.33. The average Bonchev–Trinajstić information content (AvgIpc) is 2.99. The third-order valence-corrected chi connectivity index (χ3v) is 7.61. The van der Waals surface area contributed by atoms with Crippen molar-refractivity contribution in [2.24, 2.45) is 0 Å². The Balaban J connectivity index is 1.15. The number of likely N-dealkylation sites (tertiary alicyclic amines) is 1. The predicted octanol–water partition coefficient (Wildman–Crippen LogP) is 5.48. The van der Waals surface area contributed by atoms with Crippen molar-refractivity contribution in [3.05, 3.63) is 108 Å². The number of urea groups is 1. The summed E-state index contributed by atoms with van der Waals surface area (Å²) in [6.45, 7) is 2.67. The molecule has 0 atom stereocenters. The van der Waals surface area contributed by atoms with Crippen molar-refractivity contribution in [1.82, 2.24) is 19.8 Å². The Hall–Kier alpha value is -4.55. The van der Waals surface area contributed by atoms with E-state index in [1.807, 2.05) is 24.3 Å². The molecule has 2 heterocycles. The van der Waals surface area contributed by atoms with E-state index in [2.05, 4.69) is 24.9 Å². The number of carbonyl (C=O) groups is 1. The van der Waals surface area contributed by atoms with Crippen LogP contribution in [0.25, 0.3) is 0 Å². The first-order chi connectivity index (χ1) is 20.7. The van der Waals surface area contributed by atoms with Crippen LogP contribution >= 0.6 is 0 Å². The third kappa shape index (κ3) is 8.97. The molecule has 1 saturated heterocycles. The van der Waals surface area contributed by atoms with E-state index < -0.39 is 10.0 Å². The molecule has 5 rings (SSSR count). The zero-order valence-electron chi connectivity index (χ0n) is 23.7. The summed E-state index contributed by atoms with van der Waals surface area (Å²) in [6, 6.07) is 21.8. The quantitative estimate of drug-likeness (QED) is 0.246. The highest BCUT2D eigenvalue weighted by Gasteiger charge is 2.29. The van der Waals surface area contributed by atoms with Gasteiger partial charge in [0.15, 0.2) is 0 Å². The fourth-order valence-corrected chi connectivity index (χ4v) is 5.47. The smallest absolute Gasteiger partial charge is 0.322 e. The minimum Gasteiger partial charge on any atom is -0.457 e. The zero-order valence-corrected chi connectivity index (χ0v) is 24.5. The molecule has 1 fully saturated rings. The van der Waals surface area contributed by atoms with Gasteiger partial charge in [-0.15, -0.1) is 0 Å². The fourth-order valence-electron chi connectivity index (χ4n) is 4.91. The van der Waals surface area contributed by atoms with Crippen molar-refractivity contribution < 1.29 is 22.3 Å². The summed E-state index contributed by atoms with van der Waals surface area (Å²) in [5.41, 5.74) is 2.14. The van der Waals surface area contributed by atoms with Crippen LogP contribution in [0, 0.1) is 5.82 Å². The van der Waals surface area contributed by atoms with Gasteiger partial charge in [-0.25, -0.2) is 27.6 Å². The van der Waals surface area contributed by atoms with Gasteiger partial charge in [-0.05, 0) is 85.1 Å². The molecule has 0 aliphatic carbocycles. The van der Waals surface area contributed by atoms with Gasteiger partial charge in [0.2, 0.25) is 10.0 Å². The second-order valence-corrected chi connectivity index (χ2v) is 12.1. The second-order valence-electron chi connectivity index (χ2n) is 10.4. The number of ether oxygens (including phenoxy) is 1. The van der Waals surface area contributed by atoms with Crippen molar-refractivity contribution in [3.63, 3.8) is 0 Å². The molecule has 1 aromatic heterocycles. The number of rotatable bonds is 10. The van der Waals surface area contributed by atoms with Crippen LogP contribution in [0.5, 0.6) is 11.5 Å². The number of hydrogen-bond donors (Lipinski definition) is 2. The highest BCUT2D eigenvalue weighted by Crippen LogP contribution is 2.25. The molecule has 1 aliphatic heterocycles. The SMILES string of the molecule is CS(=O)(=O)Nc1ccc(Oc2ccc(CN3CCC(N(Cc4ncccn4)C(=O)Nc4ccc(F)cc4)CC3)cc2)cc1. The zero-order chi connectivity index (χ0) is 30.2. The number of aromatic nitrogens is 2. The molecule has 2 N–H and O–H groups in total. The molecule has 0 spiro atoms. The molecule has 224 valence electrons. The molecule has 0 bridgehead atoms. The van der Waals surface area contributed by atoms with Gasteiger partial charge in [0, 0.05) is 49.4 Å². The molecule has 0 unspecified atom stereocenters. The van der Waals surface area contributed by atoms with Crippen LogP contribution < -0.4 is 14.8 Å². The maximum atomic E-state index is 13.3. The Morgan fingerprint density at radius 2 is 1.51 bits per heavy atom. The lowest BCUT2D eigenvalue weighted by Crippen LogP contribution is -2.48. The standard InChI is InChI=1S/C31H33FN6O4S/c1-43(40,41)36-26-9-13-29(14-10-26)42-28-11-3-23(4-12-28)21-37-19-15-27(16-20-37)38(22-30-33-17-2-18-34-30)31(39)35-25-7-5-24(32)6-8-25/h2-14,17-18,27,36H,15-16,19-22H2,1H3,(H,35,39). The van der Waals surface area contributed by atoms with Crippen molar-refractivity contribution in [2.45, 2.75) is 32.0 Å². The van der Waals surface area contributed by atoms with E-state index in [1.165, 1.54) is 12.1 Å². The third-order valence-electron chi connectivity index (χ3n) is 7.01. The lowest BCUT2D eigenvalue weighted by atomic mass is 10.0. The Morgan fingerprint density at radius 3 is 2.12 bits per heavy atom. The number of anilines is 2. The first kappa shape index (κ1) is 29.9. The van der Waals surface area contributed by atoms with Crippen LogP contribution in [-0.4, -0.2) is 59.6 Å². The lowest BCUT2D eigenvalue weighted by Gasteiger charge is -2.38. The van der Waals surface area contributed by atoms with Crippen LogP contribution in [0.1, 0.15) is 24.2 Å². The number of amides is 2. The molecule has 0 saturated carbocycles. The Morgan fingerprint density at radius 1 is 0.930 bits per heavy atom. The van der Waals surface area contributed by atoms with E-state index >= 15 is 0 Å². The van der Waals surface area contributed by atoms with Gasteiger partial charge in [-0.3, -0.25) is 9.62 Å². The van der Waals surface area contributed by atoms with E-state index in [9.17, 15) is 17.6 Å². The van der Waals surface area contributed by atoms with E-state index in [1.54, 1.807) is 59.8 Å². The predicted molar refractivity (Wildman–Crippen MR) is 163 cm³/mol. The maximum absolute atomic E-state index is 13.3. The lowest BCUT2D eigenvalue weighted by molar-refractivity contribution is 0.118. The molecular formula is C31H33FN6O4S. The monoisotopic (exact) mass is 604 g/mol. The fraction of sp³-hybridized carbons (Fsp3) is 0.258. The van der Waals surface area contributed by atoms with Gasteiger partial charge in [0.25, 0.3) is 0 Å². The highest BCUT2D eigenvalue weighted by atomic mass is 32.2. The molecule has 4 aromatic rings.